The van der Waals surface area contributed by atoms with Gasteiger partial charge in [0.2, 0.25) is 0 Å². The third kappa shape index (κ3) is 4.36. The van der Waals surface area contributed by atoms with Gasteiger partial charge in [0, 0.05) is 5.56 Å². The molecular formula is C17H13F2N3O2. The van der Waals surface area contributed by atoms with Gasteiger partial charge in [0.1, 0.15) is 11.8 Å². The zero-order chi connectivity index (χ0) is 17.5. The number of carbonyl (C=O) groups is 1. The molecule has 24 heavy (non-hydrogen) atoms. The first-order valence-corrected chi connectivity index (χ1v) is 6.91. The highest BCUT2D eigenvalue weighted by Crippen LogP contribution is 2.16. The molecule has 0 aliphatic carbocycles. The number of carbonyl (C=O) groups excluding carboxylic acids is 1. The predicted octanol–water partition coefficient (Wildman–Crippen LogP) is 2.76. The average Bonchev–Trinajstić information content (AvgIpc) is 2.60. The van der Waals surface area contributed by atoms with Gasteiger partial charge in [0.15, 0.2) is 18.2 Å². The minimum atomic E-state index is -0.996. The molecule has 0 fully saturated rings. The molecule has 0 saturated heterocycles. The van der Waals surface area contributed by atoms with Crippen LogP contribution in [0.4, 0.5) is 8.78 Å². The lowest BCUT2D eigenvalue weighted by atomic mass is 10.1. The molecule has 0 aliphatic heterocycles. The van der Waals surface area contributed by atoms with E-state index in [1.54, 1.807) is 31.2 Å². The number of ether oxygens (including phenoxy) is 1. The minimum Gasteiger partial charge on any atom is -0.482 e. The fourth-order valence-corrected chi connectivity index (χ4v) is 1.79. The number of amides is 1. The summed E-state index contributed by atoms with van der Waals surface area (Å²) in [5.74, 6) is -2.22. The molecule has 7 heteroatoms. The molecule has 2 aromatic rings. The van der Waals surface area contributed by atoms with E-state index in [-0.39, 0.29) is 12.4 Å². The fourth-order valence-electron chi connectivity index (χ4n) is 1.79. The number of halogens is 2. The Morgan fingerprint density at radius 1 is 1.25 bits per heavy atom. The van der Waals surface area contributed by atoms with Gasteiger partial charge in [-0.2, -0.15) is 10.4 Å². The molecule has 0 aromatic heterocycles. The molecular weight excluding hydrogens is 316 g/mol. The minimum absolute atomic E-state index is 0.288. The number of nitrogens with one attached hydrogen (secondary N) is 1. The van der Waals surface area contributed by atoms with Crippen LogP contribution in [0, 0.1) is 23.0 Å². The molecule has 122 valence electrons. The summed E-state index contributed by atoms with van der Waals surface area (Å²) >= 11 is 0. The van der Waals surface area contributed by atoms with Gasteiger partial charge in [-0.25, -0.2) is 14.2 Å². The van der Waals surface area contributed by atoms with Gasteiger partial charge in [-0.3, -0.25) is 4.79 Å². The van der Waals surface area contributed by atoms with Crippen molar-refractivity contribution in [3.8, 4) is 11.8 Å². The van der Waals surface area contributed by atoms with E-state index in [0.717, 1.165) is 12.1 Å². The molecule has 0 aliphatic rings. The van der Waals surface area contributed by atoms with Crippen molar-refractivity contribution in [2.24, 2.45) is 5.10 Å². The molecule has 1 N–H and O–H groups in total. The van der Waals surface area contributed by atoms with Crippen LogP contribution >= 0.6 is 0 Å². The first-order chi connectivity index (χ1) is 11.5. The summed E-state index contributed by atoms with van der Waals surface area (Å²) in [6.07, 6.45) is 0. The molecule has 1 amide bonds. The van der Waals surface area contributed by atoms with E-state index in [1.165, 1.54) is 6.07 Å². The SMILES string of the molecule is C/C(=N/NC(=O)COc1ccccc1C#N)c1ccc(F)c(F)c1. The Morgan fingerprint density at radius 3 is 2.71 bits per heavy atom. The van der Waals surface area contributed by atoms with Crippen molar-refractivity contribution in [1.82, 2.24) is 5.43 Å². The maximum Gasteiger partial charge on any atom is 0.277 e. The summed E-state index contributed by atoms with van der Waals surface area (Å²) in [4.78, 5) is 11.7. The van der Waals surface area contributed by atoms with Crippen LogP contribution in [0.3, 0.4) is 0 Å². The Balaban J connectivity index is 1.94. The number of hydrogen-bond acceptors (Lipinski definition) is 4. The number of nitriles is 1. The Kier molecular flexibility index (Phi) is 5.58. The van der Waals surface area contributed by atoms with Crippen LogP contribution in [0.25, 0.3) is 0 Å². The molecule has 2 rings (SSSR count). The Morgan fingerprint density at radius 2 is 2.00 bits per heavy atom. The Labute approximate surface area is 137 Å². The lowest BCUT2D eigenvalue weighted by molar-refractivity contribution is -0.123. The zero-order valence-corrected chi connectivity index (χ0v) is 12.7. The Bertz CT molecular complexity index is 829. The van der Waals surface area contributed by atoms with Crippen LogP contribution in [-0.2, 0) is 4.79 Å². The number of hydrogen-bond donors (Lipinski definition) is 1. The monoisotopic (exact) mass is 329 g/mol. The maximum absolute atomic E-state index is 13.2. The summed E-state index contributed by atoms with van der Waals surface area (Å²) in [6, 6.07) is 11.8. The van der Waals surface area contributed by atoms with E-state index in [0.29, 0.717) is 16.8 Å². The van der Waals surface area contributed by atoms with Crippen molar-refractivity contribution in [1.29, 1.82) is 5.26 Å². The lowest BCUT2D eigenvalue weighted by Gasteiger charge is -2.07. The molecule has 0 saturated carbocycles. The van der Waals surface area contributed by atoms with E-state index < -0.39 is 17.5 Å². The summed E-state index contributed by atoms with van der Waals surface area (Å²) in [6.45, 7) is 1.20. The topological polar surface area (TPSA) is 74.5 Å². The molecule has 0 heterocycles. The molecule has 0 unspecified atom stereocenters. The van der Waals surface area contributed by atoms with Crippen molar-refractivity contribution >= 4 is 11.6 Å². The Hall–Kier alpha value is -3.27. The number of para-hydroxylation sites is 1. The number of benzene rings is 2. The number of hydrazone groups is 1. The van der Waals surface area contributed by atoms with Crippen LogP contribution in [0.15, 0.2) is 47.6 Å². The summed E-state index contributed by atoms with van der Waals surface area (Å²) < 4.78 is 31.3. The van der Waals surface area contributed by atoms with Crippen molar-refractivity contribution in [3.63, 3.8) is 0 Å². The van der Waals surface area contributed by atoms with E-state index in [4.69, 9.17) is 10.00 Å². The highest BCUT2D eigenvalue weighted by atomic mass is 19.2. The average molecular weight is 329 g/mol. The predicted molar refractivity (Wildman–Crippen MR) is 83.4 cm³/mol. The van der Waals surface area contributed by atoms with Crippen LogP contribution in [0.5, 0.6) is 5.75 Å². The smallest absolute Gasteiger partial charge is 0.277 e. The number of rotatable bonds is 5. The van der Waals surface area contributed by atoms with Gasteiger partial charge in [0.05, 0.1) is 11.3 Å². The second kappa shape index (κ2) is 7.83. The van der Waals surface area contributed by atoms with Gasteiger partial charge in [-0.15, -0.1) is 0 Å². The zero-order valence-electron chi connectivity index (χ0n) is 12.7. The second-order valence-corrected chi connectivity index (χ2v) is 4.76. The van der Waals surface area contributed by atoms with Gasteiger partial charge in [0.25, 0.3) is 5.91 Å². The highest BCUT2D eigenvalue weighted by molar-refractivity contribution is 5.99. The maximum atomic E-state index is 13.2. The van der Waals surface area contributed by atoms with E-state index in [1.807, 2.05) is 6.07 Å². The second-order valence-electron chi connectivity index (χ2n) is 4.76. The van der Waals surface area contributed by atoms with Gasteiger partial charge >= 0.3 is 0 Å². The summed E-state index contributed by atoms with van der Waals surface area (Å²) in [5, 5.41) is 12.7. The van der Waals surface area contributed by atoms with Crippen molar-refractivity contribution < 1.29 is 18.3 Å². The molecule has 0 atom stereocenters. The third-order valence-corrected chi connectivity index (χ3v) is 3.05. The first-order valence-electron chi connectivity index (χ1n) is 6.91. The van der Waals surface area contributed by atoms with Crippen molar-refractivity contribution in [3.05, 3.63) is 65.2 Å². The van der Waals surface area contributed by atoms with Crippen molar-refractivity contribution in [2.75, 3.05) is 6.61 Å². The lowest BCUT2D eigenvalue weighted by Crippen LogP contribution is -2.25. The highest BCUT2D eigenvalue weighted by Gasteiger charge is 2.07. The largest absolute Gasteiger partial charge is 0.482 e. The molecule has 0 spiro atoms. The third-order valence-electron chi connectivity index (χ3n) is 3.05. The van der Waals surface area contributed by atoms with Gasteiger partial charge in [-0.1, -0.05) is 12.1 Å². The van der Waals surface area contributed by atoms with Crippen LogP contribution in [0.2, 0.25) is 0 Å². The van der Waals surface area contributed by atoms with E-state index in [9.17, 15) is 13.6 Å². The van der Waals surface area contributed by atoms with E-state index in [2.05, 4.69) is 10.5 Å². The first kappa shape index (κ1) is 17.1. The van der Waals surface area contributed by atoms with Gasteiger partial charge in [-0.05, 0) is 37.3 Å². The molecule has 2 aromatic carbocycles. The van der Waals surface area contributed by atoms with Crippen LogP contribution in [0.1, 0.15) is 18.1 Å². The normalized spacial score (nSPS) is 10.8. The molecule has 0 bridgehead atoms. The number of nitrogens with zero attached hydrogens (tertiary/aromatic N) is 2. The quantitative estimate of drug-likeness (QED) is 0.677. The van der Waals surface area contributed by atoms with Crippen molar-refractivity contribution in [2.45, 2.75) is 6.92 Å². The summed E-state index contributed by atoms with van der Waals surface area (Å²) in [7, 11) is 0. The standard InChI is InChI=1S/C17H13F2N3O2/c1-11(12-6-7-14(18)15(19)8-12)21-22-17(23)10-24-16-5-3-2-4-13(16)9-20/h2-8H,10H2,1H3,(H,22,23)/b21-11-. The van der Waals surface area contributed by atoms with Gasteiger partial charge < -0.3 is 4.74 Å². The fraction of sp³-hybridized carbons (Fsp3) is 0.118. The molecule has 0 radical (unpaired) electrons. The van der Waals surface area contributed by atoms with E-state index >= 15 is 0 Å². The molecule has 5 nitrogen and oxygen atoms in total. The van der Waals surface area contributed by atoms with Crippen LogP contribution < -0.4 is 10.2 Å². The summed E-state index contributed by atoms with van der Waals surface area (Å²) in [5.41, 5.74) is 3.20. The van der Waals surface area contributed by atoms with Crippen LogP contribution in [-0.4, -0.2) is 18.2 Å².